The van der Waals surface area contributed by atoms with Crippen LogP contribution in [-0.2, 0) is 13.0 Å². The number of aryl methyl sites for hydroxylation is 1. The van der Waals surface area contributed by atoms with Crippen molar-refractivity contribution >= 4 is 57.7 Å². The molecule has 138 valence electrons. The number of anilines is 1. The molecule has 0 bridgehead atoms. The van der Waals surface area contributed by atoms with E-state index in [2.05, 4.69) is 37.8 Å². The van der Waals surface area contributed by atoms with Gasteiger partial charge >= 0.3 is 0 Å². The van der Waals surface area contributed by atoms with E-state index in [4.69, 9.17) is 4.98 Å². The predicted octanol–water partition coefficient (Wildman–Crippen LogP) is 3.03. The highest BCUT2D eigenvalue weighted by Gasteiger charge is 2.15. The highest BCUT2D eigenvalue weighted by atomic mass is 127. The van der Waals surface area contributed by atoms with Crippen molar-refractivity contribution in [2.75, 3.05) is 31.6 Å². The third-order valence-electron chi connectivity index (χ3n) is 3.89. The van der Waals surface area contributed by atoms with Crippen LogP contribution in [0.3, 0.4) is 0 Å². The largest absolute Gasteiger partial charge is 0.356 e. The molecule has 3 rings (SSSR count). The van der Waals surface area contributed by atoms with E-state index in [0.717, 1.165) is 42.7 Å². The molecule has 25 heavy (non-hydrogen) atoms. The molecule has 0 aromatic carbocycles. The van der Waals surface area contributed by atoms with Crippen LogP contribution in [0.2, 0.25) is 0 Å². The number of nitrogens with zero attached hydrogens (tertiary/aromatic N) is 4. The van der Waals surface area contributed by atoms with Gasteiger partial charge < -0.3 is 15.5 Å². The number of aliphatic imine (C=N–C) groups is 1. The van der Waals surface area contributed by atoms with Crippen LogP contribution in [-0.4, -0.2) is 42.6 Å². The van der Waals surface area contributed by atoms with Gasteiger partial charge in [-0.2, -0.15) is 0 Å². The fourth-order valence-corrected chi connectivity index (χ4v) is 4.28. The van der Waals surface area contributed by atoms with Crippen molar-refractivity contribution in [3.8, 4) is 0 Å². The quantitative estimate of drug-likeness (QED) is 0.369. The fraction of sp³-hybridized carbons (Fsp3) is 0.562. The molecule has 6 nitrogen and oxygen atoms in total. The molecule has 2 N–H and O–H groups in total. The summed E-state index contributed by atoms with van der Waals surface area (Å²) < 4.78 is 0. The Kier molecular flexibility index (Phi) is 8.37. The predicted molar refractivity (Wildman–Crippen MR) is 118 cm³/mol. The van der Waals surface area contributed by atoms with E-state index >= 15 is 0 Å². The lowest BCUT2D eigenvalue weighted by Crippen LogP contribution is -2.37. The number of thiazole rings is 2. The van der Waals surface area contributed by atoms with Gasteiger partial charge in [0.1, 0.15) is 5.01 Å². The maximum atomic E-state index is 4.75. The monoisotopic (exact) mass is 492 g/mol. The van der Waals surface area contributed by atoms with E-state index in [0.29, 0.717) is 6.54 Å². The lowest BCUT2D eigenvalue weighted by molar-refractivity contribution is 0.783. The zero-order valence-electron chi connectivity index (χ0n) is 14.6. The van der Waals surface area contributed by atoms with Crippen molar-refractivity contribution in [3.05, 3.63) is 27.2 Å². The molecule has 9 heteroatoms. The van der Waals surface area contributed by atoms with Gasteiger partial charge in [-0.3, -0.25) is 4.99 Å². The van der Waals surface area contributed by atoms with Crippen molar-refractivity contribution in [2.24, 2.45) is 4.99 Å². The van der Waals surface area contributed by atoms with Gasteiger partial charge in [-0.15, -0.1) is 46.7 Å². The van der Waals surface area contributed by atoms with Gasteiger partial charge in [-0.25, -0.2) is 9.97 Å². The molecule has 1 aliphatic rings. The minimum absolute atomic E-state index is 0. The van der Waals surface area contributed by atoms with Gasteiger partial charge in [0.15, 0.2) is 11.1 Å². The molecule has 0 unspecified atom stereocenters. The summed E-state index contributed by atoms with van der Waals surface area (Å²) >= 11 is 3.46. The van der Waals surface area contributed by atoms with Crippen LogP contribution in [0.1, 0.15) is 28.4 Å². The summed E-state index contributed by atoms with van der Waals surface area (Å²) in [6, 6.07) is 0. The highest BCUT2D eigenvalue weighted by molar-refractivity contribution is 14.0. The summed E-state index contributed by atoms with van der Waals surface area (Å²) in [5.41, 5.74) is 1.15. The molecule has 0 aliphatic carbocycles. The van der Waals surface area contributed by atoms with E-state index in [1.165, 1.54) is 22.9 Å². The Balaban J connectivity index is 0.00000225. The second-order valence-corrected chi connectivity index (χ2v) is 7.94. The summed E-state index contributed by atoms with van der Waals surface area (Å²) in [6.07, 6.45) is 5.38. The summed E-state index contributed by atoms with van der Waals surface area (Å²) in [5, 5.41) is 11.1. The number of rotatable bonds is 6. The first kappa shape index (κ1) is 20.4. The summed E-state index contributed by atoms with van der Waals surface area (Å²) in [4.78, 5) is 17.0. The molecule has 1 saturated heterocycles. The van der Waals surface area contributed by atoms with Gasteiger partial charge in [0.25, 0.3) is 0 Å². The van der Waals surface area contributed by atoms with Crippen LogP contribution < -0.4 is 15.5 Å². The molecule has 0 spiro atoms. The first-order valence-corrected chi connectivity index (χ1v) is 9.99. The Morgan fingerprint density at radius 3 is 2.80 bits per heavy atom. The molecule has 2 aromatic rings. The first-order valence-electron chi connectivity index (χ1n) is 8.30. The zero-order chi connectivity index (χ0) is 16.8. The third-order valence-corrected chi connectivity index (χ3v) is 5.75. The summed E-state index contributed by atoms with van der Waals surface area (Å²) in [7, 11) is 1.79. The second kappa shape index (κ2) is 10.3. The SMILES string of the molecule is CN=C(NCCc1csc(N2CCCC2)n1)NCc1ncc(C)s1.I. The van der Waals surface area contributed by atoms with Crippen molar-refractivity contribution < 1.29 is 0 Å². The van der Waals surface area contributed by atoms with Crippen LogP contribution >= 0.6 is 46.7 Å². The molecule has 1 aliphatic heterocycles. The summed E-state index contributed by atoms with van der Waals surface area (Å²) in [5.74, 6) is 0.804. The van der Waals surface area contributed by atoms with Crippen LogP contribution in [0.25, 0.3) is 0 Å². The maximum absolute atomic E-state index is 4.75. The average Bonchev–Trinajstić information content (AvgIpc) is 3.32. The van der Waals surface area contributed by atoms with E-state index in [9.17, 15) is 0 Å². The third kappa shape index (κ3) is 6.07. The van der Waals surface area contributed by atoms with E-state index in [1.54, 1.807) is 29.7 Å². The Morgan fingerprint density at radius 1 is 1.32 bits per heavy atom. The van der Waals surface area contributed by atoms with Gasteiger partial charge in [-0.1, -0.05) is 0 Å². The van der Waals surface area contributed by atoms with Crippen LogP contribution in [0.5, 0.6) is 0 Å². The van der Waals surface area contributed by atoms with Gasteiger partial charge in [0.2, 0.25) is 0 Å². The minimum atomic E-state index is 0. The molecule has 2 aromatic heterocycles. The van der Waals surface area contributed by atoms with Crippen LogP contribution in [0.15, 0.2) is 16.6 Å². The smallest absolute Gasteiger partial charge is 0.191 e. The molecular weight excluding hydrogens is 467 g/mol. The lowest BCUT2D eigenvalue weighted by atomic mass is 10.3. The Hall–Kier alpha value is -0.940. The normalized spacial score (nSPS) is 14.5. The first-order chi connectivity index (χ1) is 11.7. The Labute approximate surface area is 174 Å². The second-order valence-electron chi connectivity index (χ2n) is 5.78. The molecule has 0 radical (unpaired) electrons. The van der Waals surface area contributed by atoms with Crippen molar-refractivity contribution in [1.29, 1.82) is 0 Å². The number of guanidine groups is 1. The van der Waals surface area contributed by atoms with E-state index in [-0.39, 0.29) is 24.0 Å². The van der Waals surface area contributed by atoms with Crippen molar-refractivity contribution in [2.45, 2.75) is 32.7 Å². The molecule has 1 fully saturated rings. The van der Waals surface area contributed by atoms with Gasteiger partial charge in [-0.05, 0) is 19.8 Å². The lowest BCUT2D eigenvalue weighted by Gasteiger charge is -2.12. The standard InChI is InChI=1S/C16H24N6S2.HI/c1-12-9-19-14(24-12)10-20-15(17-2)18-6-5-13-11-23-16(21-13)22-7-3-4-8-22;/h9,11H,3-8,10H2,1-2H3,(H2,17,18,20);1H. The molecule has 0 amide bonds. The minimum Gasteiger partial charge on any atom is -0.356 e. The number of aromatic nitrogens is 2. The highest BCUT2D eigenvalue weighted by Crippen LogP contribution is 2.24. The number of hydrogen-bond donors (Lipinski definition) is 2. The zero-order valence-corrected chi connectivity index (χ0v) is 18.6. The average molecular weight is 492 g/mol. The number of halogens is 1. The number of hydrogen-bond acceptors (Lipinski definition) is 6. The van der Waals surface area contributed by atoms with Crippen molar-refractivity contribution in [1.82, 2.24) is 20.6 Å². The van der Waals surface area contributed by atoms with E-state index in [1.807, 2.05) is 6.20 Å². The molecular formula is C16H25IN6S2. The van der Waals surface area contributed by atoms with Crippen molar-refractivity contribution in [3.63, 3.8) is 0 Å². The van der Waals surface area contributed by atoms with Gasteiger partial charge in [0, 0.05) is 49.6 Å². The molecule has 3 heterocycles. The maximum Gasteiger partial charge on any atom is 0.191 e. The summed E-state index contributed by atoms with van der Waals surface area (Å²) in [6.45, 7) is 5.89. The Bertz CT molecular complexity index is 678. The van der Waals surface area contributed by atoms with E-state index < -0.39 is 0 Å². The van der Waals surface area contributed by atoms with Gasteiger partial charge in [0.05, 0.1) is 12.2 Å². The van der Waals surface area contributed by atoms with Crippen LogP contribution in [0, 0.1) is 6.92 Å². The molecule has 0 atom stereocenters. The number of nitrogens with one attached hydrogen (secondary N) is 2. The van der Waals surface area contributed by atoms with Crippen LogP contribution in [0.4, 0.5) is 5.13 Å². The fourth-order valence-electron chi connectivity index (χ4n) is 2.64. The topological polar surface area (TPSA) is 65.4 Å². The Morgan fingerprint density at radius 2 is 2.12 bits per heavy atom. The molecule has 0 saturated carbocycles.